The van der Waals surface area contributed by atoms with Crippen LogP contribution in [0.5, 0.6) is 0 Å². The van der Waals surface area contributed by atoms with Crippen molar-refractivity contribution < 1.29 is 14.4 Å². The maximum Gasteiger partial charge on any atom is 0.325 e. The maximum absolute atomic E-state index is 13.4. The van der Waals surface area contributed by atoms with Crippen LogP contribution >= 0.6 is 0 Å². The minimum atomic E-state index is -0.783. The zero-order valence-electron chi connectivity index (χ0n) is 18.7. The van der Waals surface area contributed by atoms with E-state index in [1.54, 1.807) is 0 Å². The topological polar surface area (TPSA) is 73.0 Å². The molecule has 4 rings (SSSR count). The number of urea groups is 1. The number of amides is 4. The van der Waals surface area contributed by atoms with Crippen LogP contribution in [-0.4, -0.2) is 70.3 Å². The number of benzene rings is 1. The van der Waals surface area contributed by atoms with Crippen molar-refractivity contribution >= 4 is 17.8 Å². The van der Waals surface area contributed by atoms with Crippen molar-refractivity contribution in [1.29, 1.82) is 0 Å². The van der Waals surface area contributed by atoms with Crippen LogP contribution in [0, 0.1) is 5.92 Å². The van der Waals surface area contributed by atoms with Gasteiger partial charge in [-0.25, -0.2) is 4.79 Å². The first-order chi connectivity index (χ1) is 14.9. The van der Waals surface area contributed by atoms with Gasteiger partial charge in [0.25, 0.3) is 5.91 Å². The van der Waals surface area contributed by atoms with E-state index in [0.29, 0.717) is 38.3 Å². The summed E-state index contributed by atoms with van der Waals surface area (Å²) in [6.07, 6.45) is 3.35. The summed E-state index contributed by atoms with van der Waals surface area (Å²) >= 11 is 0. The Bertz CT molecular complexity index is 817. The van der Waals surface area contributed by atoms with Gasteiger partial charge in [0.1, 0.15) is 5.54 Å². The van der Waals surface area contributed by atoms with Crippen LogP contribution in [0.25, 0.3) is 0 Å². The number of carbonyl (C=O) groups excluding carboxylic acids is 3. The van der Waals surface area contributed by atoms with Gasteiger partial charge in [0.05, 0.1) is 6.04 Å². The van der Waals surface area contributed by atoms with Crippen molar-refractivity contribution in [2.45, 2.75) is 64.1 Å². The Hall–Kier alpha value is -2.41. The summed E-state index contributed by atoms with van der Waals surface area (Å²) in [5.74, 6) is 0.324. The molecule has 1 N–H and O–H groups in total. The first-order valence-electron chi connectivity index (χ1n) is 11.6. The van der Waals surface area contributed by atoms with Gasteiger partial charge in [-0.1, -0.05) is 44.2 Å². The van der Waals surface area contributed by atoms with E-state index in [1.165, 1.54) is 10.5 Å². The van der Waals surface area contributed by atoms with Crippen molar-refractivity contribution in [2.75, 3.05) is 26.2 Å². The molecule has 0 aliphatic carbocycles. The molecule has 3 heterocycles. The molecule has 31 heavy (non-hydrogen) atoms. The lowest BCUT2D eigenvalue weighted by atomic mass is 9.87. The molecule has 0 bridgehead atoms. The average molecular weight is 427 g/mol. The summed E-state index contributed by atoms with van der Waals surface area (Å²) < 4.78 is 0. The van der Waals surface area contributed by atoms with Gasteiger partial charge in [-0.3, -0.25) is 19.4 Å². The molecule has 3 aliphatic heterocycles. The lowest BCUT2D eigenvalue weighted by Crippen LogP contribution is -2.56. The SMILES string of the molecule is CC(C)CC(=O)N1CCCC(N2C(=O)NC3(CCN(Cc4ccccc4)CC3)C2=O)C1. The number of nitrogens with one attached hydrogen (secondary N) is 1. The van der Waals surface area contributed by atoms with Gasteiger partial charge >= 0.3 is 6.03 Å². The summed E-state index contributed by atoms with van der Waals surface area (Å²) in [6, 6.07) is 9.81. The van der Waals surface area contributed by atoms with Gasteiger partial charge in [-0.15, -0.1) is 0 Å². The molecule has 1 aromatic carbocycles. The number of piperidine rings is 2. The van der Waals surface area contributed by atoms with E-state index in [2.05, 4.69) is 22.3 Å². The van der Waals surface area contributed by atoms with Crippen LogP contribution in [0.2, 0.25) is 0 Å². The number of carbonyl (C=O) groups is 3. The third-order valence-electron chi connectivity index (χ3n) is 6.85. The number of hydrogen-bond acceptors (Lipinski definition) is 4. The number of nitrogens with zero attached hydrogens (tertiary/aromatic N) is 3. The van der Waals surface area contributed by atoms with Crippen molar-refractivity contribution in [3.05, 3.63) is 35.9 Å². The molecule has 1 aromatic rings. The Kier molecular flexibility index (Phi) is 6.32. The molecule has 168 valence electrons. The minimum absolute atomic E-state index is 0.0972. The lowest BCUT2D eigenvalue weighted by molar-refractivity contribution is -0.139. The minimum Gasteiger partial charge on any atom is -0.341 e. The second-order valence-corrected chi connectivity index (χ2v) is 9.68. The van der Waals surface area contributed by atoms with E-state index in [4.69, 9.17) is 0 Å². The van der Waals surface area contributed by atoms with Gasteiger partial charge < -0.3 is 10.2 Å². The largest absolute Gasteiger partial charge is 0.341 e. The van der Waals surface area contributed by atoms with Crippen LogP contribution in [-0.2, 0) is 16.1 Å². The Morgan fingerprint density at radius 1 is 1.13 bits per heavy atom. The van der Waals surface area contributed by atoms with E-state index in [1.807, 2.05) is 36.9 Å². The van der Waals surface area contributed by atoms with Crippen LogP contribution in [0.15, 0.2) is 30.3 Å². The van der Waals surface area contributed by atoms with Gasteiger partial charge in [0, 0.05) is 39.1 Å². The van der Waals surface area contributed by atoms with Crippen molar-refractivity contribution in [3.63, 3.8) is 0 Å². The van der Waals surface area contributed by atoms with E-state index in [0.717, 1.165) is 32.5 Å². The highest BCUT2D eigenvalue weighted by Crippen LogP contribution is 2.33. The smallest absolute Gasteiger partial charge is 0.325 e. The molecule has 7 nitrogen and oxygen atoms in total. The quantitative estimate of drug-likeness (QED) is 0.735. The van der Waals surface area contributed by atoms with Crippen LogP contribution < -0.4 is 5.32 Å². The molecular weight excluding hydrogens is 392 g/mol. The third kappa shape index (κ3) is 4.61. The number of imide groups is 1. The first kappa shape index (κ1) is 21.8. The van der Waals surface area contributed by atoms with Gasteiger partial charge in [-0.05, 0) is 37.2 Å². The maximum atomic E-state index is 13.4. The molecule has 4 amide bonds. The molecule has 1 atom stereocenters. The van der Waals surface area contributed by atoms with Crippen molar-refractivity contribution in [2.24, 2.45) is 5.92 Å². The van der Waals surface area contributed by atoms with E-state index >= 15 is 0 Å². The van der Waals surface area contributed by atoms with Gasteiger partial charge in [0.2, 0.25) is 5.91 Å². The fourth-order valence-corrected chi connectivity index (χ4v) is 5.12. The zero-order chi connectivity index (χ0) is 22.0. The molecule has 1 unspecified atom stereocenters. The molecule has 0 aromatic heterocycles. The highest BCUT2D eigenvalue weighted by atomic mass is 16.2. The standard InChI is InChI=1S/C24H34N4O3/c1-18(2)15-21(29)27-12-6-9-20(17-27)28-22(30)24(25-23(28)31)10-13-26(14-11-24)16-19-7-4-3-5-8-19/h3-5,7-8,18,20H,6,9-17H2,1-2H3,(H,25,31). The molecule has 0 saturated carbocycles. The van der Waals surface area contributed by atoms with E-state index < -0.39 is 5.54 Å². The predicted octanol–water partition coefficient (Wildman–Crippen LogP) is 2.61. The van der Waals surface area contributed by atoms with E-state index in [9.17, 15) is 14.4 Å². The molecular formula is C24H34N4O3. The third-order valence-corrected chi connectivity index (χ3v) is 6.85. The van der Waals surface area contributed by atoms with Crippen LogP contribution in [0.3, 0.4) is 0 Å². The monoisotopic (exact) mass is 426 g/mol. The van der Waals surface area contributed by atoms with Crippen molar-refractivity contribution in [1.82, 2.24) is 20.0 Å². The first-order valence-corrected chi connectivity index (χ1v) is 11.6. The normalized spacial score (nSPS) is 24.2. The number of rotatable bonds is 5. The molecule has 1 spiro atoms. The molecule has 3 saturated heterocycles. The predicted molar refractivity (Wildman–Crippen MR) is 118 cm³/mol. The molecule has 3 fully saturated rings. The second-order valence-electron chi connectivity index (χ2n) is 9.68. The summed E-state index contributed by atoms with van der Waals surface area (Å²) in [4.78, 5) is 44.4. The summed E-state index contributed by atoms with van der Waals surface area (Å²) in [5, 5.41) is 3.03. The van der Waals surface area contributed by atoms with Crippen LogP contribution in [0.4, 0.5) is 4.79 Å². The van der Waals surface area contributed by atoms with Crippen LogP contribution in [0.1, 0.15) is 51.5 Å². The lowest BCUT2D eigenvalue weighted by Gasteiger charge is -2.39. The molecule has 7 heteroatoms. The molecule has 3 aliphatic rings. The molecule has 0 radical (unpaired) electrons. The Labute approximate surface area is 184 Å². The van der Waals surface area contributed by atoms with Gasteiger partial charge in [-0.2, -0.15) is 0 Å². The highest BCUT2D eigenvalue weighted by molar-refractivity contribution is 6.07. The average Bonchev–Trinajstić information content (AvgIpc) is 2.99. The Balaban J connectivity index is 1.38. The zero-order valence-corrected chi connectivity index (χ0v) is 18.7. The fourth-order valence-electron chi connectivity index (χ4n) is 5.12. The fraction of sp³-hybridized carbons (Fsp3) is 0.625. The van der Waals surface area contributed by atoms with Gasteiger partial charge in [0.15, 0.2) is 0 Å². The summed E-state index contributed by atoms with van der Waals surface area (Å²) in [6.45, 7) is 7.65. The highest BCUT2D eigenvalue weighted by Gasteiger charge is 2.54. The van der Waals surface area contributed by atoms with Crippen molar-refractivity contribution in [3.8, 4) is 0 Å². The Morgan fingerprint density at radius 3 is 2.52 bits per heavy atom. The van der Waals surface area contributed by atoms with E-state index in [-0.39, 0.29) is 23.9 Å². The summed E-state index contributed by atoms with van der Waals surface area (Å²) in [7, 11) is 0. The Morgan fingerprint density at radius 2 is 1.84 bits per heavy atom. The number of likely N-dealkylation sites (tertiary alicyclic amines) is 2. The number of hydrogen-bond donors (Lipinski definition) is 1. The second kappa shape index (κ2) is 8.99. The summed E-state index contributed by atoms with van der Waals surface area (Å²) in [5.41, 5.74) is 0.476.